The molecule has 1 aromatic carbocycles. The molecule has 2 amide bonds. The first-order valence-electron chi connectivity index (χ1n) is 9.16. The second-order valence-corrected chi connectivity index (χ2v) is 7.32. The van der Waals surface area contributed by atoms with E-state index in [1.54, 1.807) is 13.2 Å². The molecule has 2 aromatic rings. The van der Waals surface area contributed by atoms with Crippen molar-refractivity contribution < 1.29 is 14.3 Å². The van der Waals surface area contributed by atoms with E-state index in [0.29, 0.717) is 37.4 Å². The quantitative estimate of drug-likeness (QED) is 0.742. The maximum atomic E-state index is 12.4. The predicted molar refractivity (Wildman–Crippen MR) is 108 cm³/mol. The zero-order chi connectivity index (χ0) is 19.1. The summed E-state index contributed by atoms with van der Waals surface area (Å²) < 4.78 is 5.43. The van der Waals surface area contributed by atoms with Crippen molar-refractivity contribution in [1.82, 2.24) is 10.2 Å². The number of anilines is 1. The van der Waals surface area contributed by atoms with Crippen molar-refractivity contribution in [2.24, 2.45) is 0 Å². The molecule has 0 bridgehead atoms. The van der Waals surface area contributed by atoms with Gasteiger partial charge in [-0.2, -0.15) is 0 Å². The number of thiophene rings is 1. The molecule has 1 saturated heterocycles. The molecule has 27 heavy (non-hydrogen) atoms. The number of nitrogens with one attached hydrogen (secondary N) is 1. The monoisotopic (exact) mass is 387 g/mol. The summed E-state index contributed by atoms with van der Waals surface area (Å²) in [6, 6.07) is 11.6. The van der Waals surface area contributed by atoms with E-state index < -0.39 is 0 Å². The summed E-state index contributed by atoms with van der Waals surface area (Å²) in [5, 5.41) is 4.74. The van der Waals surface area contributed by atoms with Crippen LogP contribution in [0, 0.1) is 0 Å². The van der Waals surface area contributed by atoms with Gasteiger partial charge in [0.2, 0.25) is 5.91 Å². The molecule has 1 aromatic heterocycles. The normalized spacial score (nSPS) is 14.1. The summed E-state index contributed by atoms with van der Waals surface area (Å²) in [6.45, 7) is 3.52. The average molecular weight is 388 g/mol. The molecule has 144 valence electrons. The Morgan fingerprint density at radius 2 is 1.89 bits per heavy atom. The van der Waals surface area contributed by atoms with Gasteiger partial charge in [-0.3, -0.25) is 9.59 Å². The Kier molecular flexibility index (Phi) is 6.70. The SMILES string of the molecule is COc1ccccc1N1CCN(C(=O)CCCNC(=O)c2cccs2)CC1. The molecule has 1 aliphatic rings. The number of carbonyl (C=O) groups excluding carboxylic acids is 2. The van der Waals surface area contributed by atoms with Crippen LogP contribution in [-0.2, 0) is 4.79 Å². The van der Waals surface area contributed by atoms with Crippen LogP contribution in [0.25, 0.3) is 0 Å². The Bertz CT molecular complexity index is 756. The van der Waals surface area contributed by atoms with Crippen LogP contribution in [0.3, 0.4) is 0 Å². The molecule has 1 aliphatic heterocycles. The van der Waals surface area contributed by atoms with Crippen molar-refractivity contribution >= 4 is 28.8 Å². The van der Waals surface area contributed by atoms with Crippen LogP contribution >= 0.6 is 11.3 Å². The van der Waals surface area contributed by atoms with Gasteiger partial charge in [0, 0.05) is 39.1 Å². The number of amides is 2. The van der Waals surface area contributed by atoms with Gasteiger partial charge in [0.15, 0.2) is 0 Å². The van der Waals surface area contributed by atoms with Gasteiger partial charge >= 0.3 is 0 Å². The Morgan fingerprint density at radius 1 is 1.11 bits per heavy atom. The van der Waals surface area contributed by atoms with Crippen LogP contribution in [0.1, 0.15) is 22.5 Å². The van der Waals surface area contributed by atoms with Crippen molar-refractivity contribution in [3.05, 3.63) is 46.7 Å². The Hall–Kier alpha value is -2.54. The lowest BCUT2D eigenvalue weighted by atomic mass is 10.2. The number of benzene rings is 1. The smallest absolute Gasteiger partial charge is 0.261 e. The van der Waals surface area contributed by atoms with Gasteiger partial charge < -0.3 is 19.9 Å². The van der Waals surface area contributed by atoms with Crippen LogP contribution in [0.4, 0.5) is 5.69 Å². The molecule has 2 heterocycles. The third-order valence-electron chi connectivity index (χ3n) is 4.66. The number of ether oxygens (including phenoxy) is 1. The molecular formula is C20H25N3O3S. The predicted octanol–water partition coefficient (Wildman–Crippen LogP) is 2.62. The van der Waals surface area contributed by atoms with Crippen LogP contribution in [0.5, 0.6) is 5.75 Å². The van der Waals surface area contributed by atoms with E-state index in [4.69, 9.17) is 4.74 Å². The van der Waals surface area contributed by atoms with E-state index in [1.165, 1.54) is 11.3 Å². The van der Waals surface area contributed by atoms with Crippen molar-refractivity contribution in [2.45, 2.75) is 12.8 Å². The maximum Gasteiger partial charge on any atom is 0.261 e. The minimum absolute atomic E-state index is 0.0668. The standard InChI is InChI=1S/C20H25N3O3S/c1-26-17-7-3-2-6-16(17)22-11-13-23(14-12-22)19(24)9-4-10-21-20(25)18-8-5-15-27-18/h2-3,5-8,15H,4,9-14H2,1H3,(H,21,25). The Labute approximate surface area is 163 Å². The maximum absolute atomic E-state index is 12.4. The minimum atomic E-state index is -0.0668. The third-order valence-corrected chi connectivity index (χ3v) is 5.52. The fourth-order valence-corrected chi connectivity index (χ4v) is 3.82. The largest absolute Gasteiger partial charge is 0.495 e. The van der Waals surface area contributed by atoms with E-state index >= 15 is 0 Å². The number of carbonyl (C=O) groups is 2. The highest BCUT2D eigenvalue weighted by molar-refractivity contribution is 7.12. The number of piperazine rings is 1. The first kappa shape index (κ1) is 19.2. The molecule has 0 unspecified atom stereocenters. The van der Waals surface area contributed by atoms with E-state index in [2.05, 4.69) is 10.2 Å². The molecule has 7 heteroatoms. The highest BCUT2D eigenvalue weighted by Crippen LogP contribution is 2.28. The summed E-state index contributed by atoms with van der Waals surface area (Å²) >= 11 is 1.42. The van der Waals surface area contributed by atoms with E-state index in [9.17, 15) is 9.59 Å². The van der Waals surface area contributed by atoms with E-state index in [0.717, 1.165) is 24.5 Å². The topological polar surface area (TPSA) is 61.9 Å². The van der Waals surface area contributed by atoms with Gasteiger partial charge in [0.05, 0.1) is 17.7 Å². The number of hydrogen-bond donors (Lipinski definition) is 1. The lowest BCUT2D eigenvalue weighted by Gasteiger charge is -2.36. The number of hydrogen-bond acceptors (Lipinski definition) is 5. The molecule has 3 rings (SSSR count). The minimum Gasteiger partial charge on any atom is -0.495 e. The van der Waals surface area contributed by atoms with Crippen molar-refractivity contribution in [3.8, 4) is 5.75 Å². The Morgan fingerprint density at radius 3 is 2.59 bits per heavy atom. The molecule has 6 nitrogen and oxygen atoms in total. The molecule has 1 N–H and O–H groups in total. The lowest BCUT2D eigenvalue weighted by molar-refractivity contribution is -0.131. The second kappa shape index (κ2) is 9.41. The number of nitrogens with zero attached hydrogens (tertiary/aromatic N) is 2. The molecule has 0 atom stereocenters. The summed E-state index contributed by atoms with van der Waals surface area (Å²) in [5.74, 6) is 0.946. The van der Waals surface area contributed by atoms with Crippen LogP contribution in [0.15, 0.2) is 41.8 Å². The van der Waals surface area contributed by atoms with E-state index in [-0.39, 0.29) is 11.8 Å². The van der Waals surface area contributed by atoms with Crippen LogP contribution in [0.2, 0.25) is 0 Å². The average Bonchev–Trinajstić information content (AvgIpc) is 3.26. The highest BCUT2D eigenvalue weighted by atomic mass is 32.1. The van der Waals surface area contributed by atoms with Crippen LogP contribution < -0.4 is 15.0 Å². The summed E-state index contributed by atoms with van der Waals surface area (Å²) in [5.41, 5.74) is 1.07. The number of rotatable bonds is 7. The van der Waals surface area contributed by atoms with Gasteiger partial charge in [-0.25, -0.2) is 0 Å². The number of methoxy groups -OCH3 is 1. The zero-order valence-corrected chi connectivity index (χ0v) is 16.3. The lowest BCUT2D eigenvalue weighted by Crippen LogP contribution is -2.49. The van der Waals surface area contributed by atoms with Crippen molar-refractivity contribution in [2.75, 3.05) is 44.7 Å². The van der Waals surface area contributed by atoms with Crippen molar-refractivity contribution in [1.29, 1.82) is 0 Å². The fourth-order valence-electron chi connectivity index (χ4n) is 3.18. The highest BCUT2D eigenvalue weighted by Gasteiger charge is 2.22. The van der Waals surface area contributed by atoms with Crippen LogP contribution in [-0.4, -0.2) is 56.5 Å². The molecule has 0 aliphatic carbocycles. The second-order valence-electron chi connectivity index (χ2n) is 6.38. The van der Waals surface area contributed by atoms with Gasteiger partial charge in [-0.1, -0.05) is 18.2 Å². The van der Waals surface area contributed by atoms with Gasteiger partial charge in [0.1, 0.15) is 5.75 Å². The van der Waals surface area contributed by atoms with E-state index in [1.807, 2.05) is 40.6 Å². The van der Waals surface area contributed by atoms with Gasteiger partial charge in [0.25, 0.3) is 5.91 Å². The molecular weight excluding hydrogens is 362 g/mol. The van der Waals surface area contributed by atoms with Gasteiger partial charge in [-0.05, 0) is 30.0 Å². The first-order valence-corrected chi connectivity index (χ1v) is 10.0. The summed E-state index contributed by atoms with van der Waals surface area (Å²) in [7, 11) is 1.68. The zero-order valence-electron chi connectivity index (χ0n) is 15.5. The molecule has 0 saturated carbocycles. The Balaban J connectivity index is 1.39. The van der Waals surface area contributed by atoms with Gasteiger partial charge in [-0.15, -0.1) is 11.3 Å². The summed E-state index contributed by atoms with van der Waals surface area (Å²) in [6.07, 6.45) is 1.11. The molecule has 1 fully saturated rings. The molecule has 0 spiro atoms. The summed E-state index contributed by atoms with van der Waals surface area (Å²) in [4.78, 5) is 29.1. The molecule has 0 radical (unpaired) electrons. The number of para-hydroxylation sites is 2. The fraction of sp³-hybridized carbons (Fsp3) is 0.400. The first-order chi connectivity index (χ1) is 13.2. The third kappa shape index (κ3) is 5.01. The van der Waals surface area contributed by atoms with Crippen molar-refractivity contribution in [3.63, 3.8) is 0 Å².